The largest absolute Gasteiger partial charge is 0.295 e. The molecule has 0 saturated carbocycles. The predicted octanol–water partition coefficient (Wildman–Crippen LogP) is 3.40. The smallest absolute Gasteiger partial charge is 0.262 e. The van der Waals surface area contributed by atoms with Crippen molar-refractivity contribution in [3.8, 4) is 0 Å². The maximum atomic E-state index is 12.9. The SMILES string of the molecule is O=C1C=C2c3ccccc3C(N3C(=O)c4ccccc4C3=O)CC2C1. The Hall–Kier alpha value is -3.01. The van der Waals surface area contributed by atoms with Gasteiger partial charge in [0.15, 0.2) is 5.78 Å². The van der Waals surface area contributed by atoms with Crippen molar-refractivity contribution in [1.29, 1.82) is 0 Å². The summed E-state index contributed by atoms with van der Waals surface area (Å²) in [6, 6.07) is 14.4. The fourth-order valence-electron chi connectivity index (χ4n) is 4.39. The molecule has 5 rings (SSSR count). The second kappa shape index (κ2) is 4.99. The highest BCUT2D eigenvalue weighted by Gasteiger charge is 2.45. The molecule has 25 heavy (non-hydrogen) atoms. The molecule has 2 aromatic carbocycles. The molecule has 0 N–H and O–H groups in total. The number of imide groups is 1. The predicted molar refractivity (Wildman–Crippen MR) is 91.8 cm³/mol. The van der Waals surface area contributed by atoms with E-state index in [0.29, 0.717) is 24.0 Å². The maximum absolute atomic E-state index is 12.9. The quantitative estimate of drug-likeness (QED) is 0.754. The van der Waals surface area contributed by atoms with Crippen LogP contribution in [0.5, 0.6) is 0 Å². The molecule has 0 bridgehead atoms. The van der Waals surface area contributed by atoms with E-state index in [0.717, 1.165) is 16.7 Å². The van der Waals surface area contributed by atoms with E-state index >= 15 is 0 Å². The van der Waals surface area contributed by atoms with E-state index in [9.17, 15) is 14.4 Å². The number of carbonyl (C=O) groups excluding carboxylic acids is 3. The monoisotopic (exact) mass is 329 g/mol. The van der Waals surface area contributed by atoms with E-state index in [4.69, 9.17) is 0 Å². The Morgan fingerprint density at radius 1 is 0.800 bits per heavy atom. The fourth-order valence-corrected chi connectivity index (χ4v) is 4.39. The normalized spacial score (nSPS) is 24.1. The summed E-state index contributed by atoms with van der Waals surface area (Å²) in [6.07, 6.45) is 2.80. The first kappa shape index (κ1) is 14.3. The number of nitrogens with zero attached hydrogens (tertiary/aromatic N) is 1. The van der Waals surface area contributed by atoms with Gasteiger partial charge in [0, 0.05) is 6.42 Å². The second-order valence-electron chi connectivity index (χ2n) is 6.83. The number of benzene rings is 2. The zero-order valence-electron chi connectivity index (χ0n) is 13.4. The third-order valence-electron chi connectivity index (χ3n) is 5.48. The molecule has 2 aliphatic carbocycles. The Kier molecular flexibility index (Phi) is 2.86. The molecular formula is C21H15NO3. The summed E-state index contributed by atoms with van der Waals surface area (Å²) in [5.74, 6) is -0.274. The summed E-state index contributed by atoms with van der Waals surface area (Å²) >= 11 is 0. The van der Waals surface area contributed by atoms with Crippen molar-refractivity contribution in [2.45, 2.75) is 18.9 Å². The first-order chi connectivity index (χ1) is 12.1. The number of fused-ring (bicyclic) bond motifs is 4. The van der Waals surface area contributed by atoms with Gasteiger partial charge in [-0.2, -0.15) is 0 Å². The molecule has 1 aliphatic heterocycles. The Balaban J connectivity index is 1.64. The summed E-state index contributed by atoms with van der Waals surface area (Å²) in [4.78, 5) is 39.1. The minimum Gasteiger partial charge on any atom is -0.295 e. The molecule has 122 valence electrons. The van der Waals surface area contributed by atoms with Gasteiger partial charge in [-0.05, 0) is 47.2 Å². The van der Waals surface area contributed by atoms with Gasteiger partial charge < -0.3 is 0 Å². The molecule has 2 atom stereocenters. The fraction of sp³-hybridized carbons (Fsp3) is 0.190. The summed E-state index contributed by atoms with van der Waals surface area (Å²) in [7, 11) is 0. The minimum atomic E-state index is -0.323. The zero-order valence-corrected chi connectivity index (χ0v) is 13.4. The van der Waals surface area contributed by atoms with Crippen molar-refractivity contribution in [3.05, 3.63) is 76.9 Å². The van der Waals surface area contributed by atoms with Crippen LogP contribution in [0, 0.1) is 5.92 Å². The number of rotatable bonds is 1. The van der Waals surface area contributed by atoms with Crippen molar-refractivity contribution >= 4 is 23.2 Å². The molecule has 0 radical (unpaired) electrons. The lowest BCUT2D eigenvalue weighted by atomic mass is 9.77. The number of hydrogen-bond acceptors (Lipinski definition) is 3. The standard InChI is InChI=1S/C21H15NO3/c23-13-9-12-10-19(15-6-2-1-5-14(15)18(12)11-13)22-20(24)16-7-3-4-8-17(16)21(22)25/h1-8,11-12,19H,9-10H2. The molecule has 2 amide bonds. The second-order valence-corrected chi connectivity index (χ2v) is 6.83. The summed E-state index contributed by atoms with van der Waals surface area (Å²) in [6.45, 7) is 0. The first-order valence-corrected chi connectivity index (χ1v) is 8.46. The molecule has 2 aromatic rings. The van der Waals surface area contributed by atoms with E-state index in [1.807, 2.05) is 24.3 Å². The third-order valence-corrected chi connectivity index (χ3v) is 5.48. The van der Waals surface area contributed by atoms with E-state index in [1.54, 1.807) is 30.3 Å². The summed E-state index contributed by atoms with van der Waals surface area (Å²) in [5, 5.41) is 0. The van der Waals surface area contributed by atoms with Gasteiger partial charge in [0.2, 0.25) is 0 Å². The summed E-state index contributed by atoms with van der Waals surface area (Å²) < 4.78 is 0. The van der Waals surface area contributed by atoms with Gasteiger partial charge in [-0.25, -0.2) is 0 Å². The van der Waals surface area contributed by atoms with E-state index in [-0.39, 0.29) is 29.6 Å². The molecule has 0 spiro atoms. The number of allylic oxidation sites excluding steroid dienone is 2. The van der Waals surface area contributed by atoms with Crippen molar-refractivity contribution < 1.29 is 14.4 Å². The van der Waals surface area contributed by atoms with Crippen LogP contribution in [-0.2, 0) is 4.79 Å². The lowest BCUT2D eigenvalue weighted by Crippen LogP contribution is -2.37. The van der Waals surface area contributed by atoms with Crippen LogP contribution in [0.4, 0.5) is 0 Å². The lowest BCUT2D eigenvalue weighted by molar-refractivity contribution is -0.114. The lowest BCUT2D eigenvalue weighted by Gasteiger charge is -2.35. The van der Waals surface area contributed by atoms with Gasteiger partial charge in [-0.15, -0.1) is 0 Å². The highest BCUT2D eigenvalue weighted by atomic mass is 16.2. The first-order valence-electron chi connectivity index (χ1n) is 8.46. The minimum absolute atomic E-state index is 0.0803. The van der Waals surface area contributed by atoms with Crippen LogP contribution in [0.25, 0.3) is 5.57 Å². The van der Waals surface area contributed by atoms with Gasteiger partial charge in [-0.3, -0.25) is 19.3 Å². The molecule has 4 heteroatoms. The third kappa shape index (κ3) is 1.91. The Morgan fingerprint density at radius 2 is 1.40 bits per heavy atom. The summed E-state index contributed by atoms with van der Waals surface area (Å²) in [5.41, 5.74) is 3.93. The van der Waals surface area contributed by atoms with Crippen LogP contribution in [-0.4, -0.2) is 22.5 Å². The van der Waals surface area contributed by atoms with Gasteiger partial charge in [-0.1, -0.05) is 36.4 Å². The molecule has 2 unspecified atom stereocenters. The molecule has 4 nitrogen and oxygen atoms in total. The molecule has 0 aromatic heterocycles. The van der Waals surface area contributed by atoms with Gasteiger partial charge in [0.25, 0.3) is 11.8 Å². The van der Waals surface area contributed by atoms with Crippen LogP contribution >= 0.6 is 0 Å². The number of carbonyl (C=O) groups is 3. The van der Waals surface area contributed by atoms with Crippen molar-refractivity contribution in [3.63, 3.8) is 0 Å². The maximum Gasteiger partial charge on any atom is 0.262 e. The number of ketones is 1. The van der Waals surface area contributed by atoms with Crippen LogP contribution in [0.3, 0.4) is 0 Å². The van der Waals surface area contributed by atoms with Crippen molar-refractivity contribution in [2.75, 3.05) is 0 Å². The van der Waals surface area contributed by atoms with Crippen LogP contribution in [0.15, 0.2) is 54.6 Å². The molecule has 0 fully saturated rings. The zero-order chi connectivity index (χ0) is 17.1. The van der Waals surface area contributed by atoms with Gasteiger partial charge in [0.1, 0.15) is 0 Å². The average Bonchev–Trinajstić information content (AvgIpc) is 3.12. The van der Waals surface area contributed by atoms with Crippen molar-refractivity contribution in [1.82, 2.24) is 4.90 Å². The van der Waals surface area contributed by atoms with Crippen LogP contribution in [0.1, 0.15) is 50.7 Å². The van der Waals surface area contributed by atoms with E-state index in [1.165, 1.54) is 4.90 Å². The van der Waals surface area contributed by atoms with Crippen LogP contribution in [0.2, 0.25) is 0 Å². The van der Waals surface area contributed by atoms with E-state index < -0.39 is 0 Å². The Morgan fingerprint density at radius 3 is 2.08 bits per heavy atom. The highest BCUT2D eigenvalue weighted by Crippen LogP contribution is 2.48. The van der Waals surface area contributed by atoms with Gasteiger partial charge >= 0.3 is 0 Å². The molecule has 1 heterocycles. The van der Waals surface area contributed by atoms with E-state index in [2.05, 4.69) is 0 Å². The Labute approximate surface area is 144 Å². The number of amides is 2. The topological polar surface area (TPSA) is 54.5 Å². The molecular weight excluding hydrogens is 314 g/mol. The highest BCUT2D eigenvalue weighted by molar-refractivity contribution is 6.21. The Bertz CT molecular complexity index is 953. The molecule has 0 saturated heterocycles. The molecule has 3 aliphatic rings. The van der Waals surface area contributed by atoms with Crippen molar-refractivity contribution in [2.24, 2.45) is 5.92 Å². The van der Waals surface area contributed by atoms with Crippen LogP contribution < -0.4 is 0 Å². The average molecular weight is 329 g/mol. The van der Waals surface area contributed by atoms with Gasteiger partial charge in [0.05, 0.1) is 17.2 Å². The number of hydrogen-bond donors (Lipinski definition) is 0.